The van der Waals surface area contributed by atoms with Crippen molar-refractivity contribution in [2.24, 2.45) is 11.8 Å². The average molecular weight is 295 g/mol. The van der Waals surface area contributed by atoms with Gasteiger partial charge in [0, 0.05) is 23.7 Å². The zero-order chi connectivity index (χ0) is 15.6. The van der Waals surface area contributed by atoms with Crippen LogP contribution >= 0.6 is 0 Å². The number of aryl methyl sites for hydroxylation is 1. The molecule has 0 bridgehead atoms. The van der Waals surface area contributed by atoms with Crippen molar-refractivity contribution >= 4 is 0 Å². The first-order valence-electron chi connectivity index (χ1n) is 8.76. The van der Waals surface area contributed by atoms with E-state index in [4.69, 9.17) is 0 Å². The normalized spacial score (nSPS) is 26.5. The molecule has 1 fully saturated rings. The maximum atomic E-state index is 2.70. The standard InChI is InChI=1S/C21H29N/c1-17-16-21(2,3)22(20-14-8-7-13-19(17)20)15-9-12-18-10-5-4-6-11-18/h4-8,10-11,14,17,19H,9,12-13,15-16H2,1-3H3. The largest absolute Gasteiger partial charge is 0.369 e. The summed E-state index contributed by atoms with van der Waals surface area (Å²) < 4.78 is 0. The Hall–Kier alpha value is -1.50. The summed E-state index contributed by atoms with van der Waals surface area (Å²) in [4.78, 5) is 2.70. The number of allylic oxidation sites excluding steroid dienone is 4. The second-order valence-corrected chi connectivity index (χ2v) is 7.60. The van der Waals surface area contributed by atoms with Gasteiger partial charge in [0.05, 0.1) is 0 Å². The van der Waals surface area contributed by atoms with Crippen molar-refractivity contribution in [3.8, 4) is 0 Å². The molecular formula is C21H29N. The fourth-order valence-corrected chi connectivity index (χ4v) is 4.36. The Morgan fingerprint density at radius 1 is 1.18 bits per heavy atom. The van der Waals surface area contributed by atoms with E-state index in [-0.39, 0.29) is 5.54 Å². The molecule has 0 radical (unpaired) electrons. The molecule has 1 heteroatoms. The van der Waals surface area contributed by atoms with E-state index in [0.717, 1.165) is 11.8 Å². The molecule has 1 aliphatic carbocycles. The Labute approximate surface area is 135 Å². The Kier molecular flexibility index (Phi) is 4.42. The maximum Gasteiger partial charge on any atom is 0.0346 e. The molecule has 1 nitrogen and oxygen atoms in total. The summed E-state index contributed by atoms with van der Waals surface area (Å²) in [5.41, 5.74) is 3.32. The van der Waals surface area contributed by atoms with Gasteiger partial charge in [0.15, 0.2) is 0 Å². The average Bonchev–Trinajstić information content (AvgIpc) is 2.51. The van der Waals surface area contributed by atoms with Crippen LogP contribution in [0, 0.1) is 11.8 Å². The molecule has 1 saturated heterocycles. The van der Waals surface area contributed by atoms with E-state index in [2.05, 4.69) is 74.2 Å². The van der Waals surface area contributed by atoms with Crippen LogP contribution in [0.4, 0.5) is 0 Å². The predicted molar refractivity (Wildman–Crippen MR) is 94.7 cm³/mol. The van der Waals surface area contributed by atoms with Crippen LogP contribution in [0.1, 0.15) is 45.6 Å². The van der Waals surface area contributed by atoms with E-state index < -0.39 is 0 Å². The lowest BCUT2D eigenvalue weighted by Crippen LogP contribution is -2.52. The zero-order valence-corrected chi connectivity index (χ0v) is 14.3. The second-order valence-electron chi connectivity index (χ2n) is 7.60. The van der Waals surface area contributed by atoms with Gasteiger partial charge in [0.2, 0.25) is 0 Å². The number of hydrogen-bond acceptors (Lipinski definition) is 1. The van der Waals surface area contributed by atoms with E-state index in [1.165, 1.54) is 37.8 Å². The molecule has 1 aromatic rings. The number of piperidine rings is 1. The third-order valence-corrected chi connectivity index (χ3v) is 5.41. The molecule has 1 aliphatic heterocycles. The molecule has 0 spiro atoms. The molecule has 0 amide bonds. The summed E-state index contributed by atoms with van der Waals surface area (Å²) in [6.45, 7) is 8.44. The van der Waals surface area contributed by atoms with Crippen LogP contribution in [0.5, 0.6) is 0 Å². The first kappa shape index (κ1) is 15.4. The summed E-state index contributed by atoms with van der Waals surface area (Å²) >= 11 is 0. The van der Waals surface area contributed by atoms with Crippen LogP contribution in [-0.4, -0.2) is 17.0 Å². The Balaban J connectivity index is 1.69. The zero-order valence-electron chi connectivity index (χ0n) is 14.3. The van der Waals surface area contributed by atoms with Gasteiger partial charge >= 0.3 is 0 Å². The number of benzene rings is 1. The number of rotatable bonds is 4. The molecule has 1 aromatic carbocycles. The van der Waals surface area contributed by atoms with E-state index >= 15 is 0 Å². The van der Waals surface area contributed by atoms with Crippen LogP contribution in [-0.2, 0) is 6.42 Å². The van der Waals surface area contributed by atoms with Crippen molar-refractivity contribution in [2.75, 3.05) is 6.54 Å². The highest BCUT2D eigenvalue weighted by atomic mass is 15.2. The summed E-state index contributed by atoms with van der Waals surface area (Å²) in [5.74, 6) is 1.52. The lowest BCUT2D eigenvalue weighted by molar-refractivity contribution is 0.0584. The predicted octanol–water partition coefficient (Wildman–Crippen LogP) is 5.20. The van der Waals surface area contributed by atoms with Gasteiger partial charge in [-0.15, -0.1) is 0 Å². The van der Waals surface area contributed by atoms with Crippen LogP contribution in [0.15, 0.2) is 54.3 Å². The van der Waals surface area contributed by atoms with Gasteiger partial charge in [-0.05, 0) is 57.1 Å². The molecule has 22 heavy (non-hydrogen) atoms. The van der Waals surface area contributed by atoms with Crippen molar-refractivity contribution in [1.82, 2.24) is 4.90 Å². The molecule has 118 valence electrons. The van der Waals surface area contributed by atoms with E-state index in [9.17, 15) is 0 Å². The van der Waals surface area contributed by atoms with Crippen molar-refractivity contribution in [3.05, 3.63) is 59.8 Å². The number of likely N-dealkylation sites (tertiary alicyclic amines) is 1. The van der Waals surface area contributed by atoms with Gasteiger partial charge < -0.3 is 4.90 Å². The molecule has 0 aromatic heterocycles. The summed E-state index contributed by atoms with van der Waals surface area (Å²) in [6, 6.07) is 10.9. The molecular weight excluding hydrogens is 266 g/mol. The van der Waals surface area contributed by atoms with Crippen molar-refractivity contribution in [3.63, 3.8) is 0 Å². The smallest absolute Gasteiger partial charge is 0.0346 e. The van der Waals surface area contributed by atoms with E-state index in [1.807, 2.05) is 0 Å². The Morgan fingerprint density at radius 3 is 2.73 bits per heavy atom. The topological polar surface area (TPSA) is 3.24 Å². The van der Waals surface area contributed by atoms with Crippen LogP contribution in [0.3, 0.4) is 0 Å². The molecule has 2 aliphatic rings. The van der Waals surface area contributed by atoms with Gasteiger partial charge in [-0.3, -0.25) is 0 Å². The third-order valence-electron chi connectivity index (χ3n) is 5.41. The SMILES string of the molecule is CC1CC(C)(C)N(CCCc2ccccc2)C2=CC=CCC21. The minimum absolute atomic E-state index is 0.281. The molecule has 0 N–H and O–H groups in total. The lowest BCUT2D eigenvalue weighted by Gasteiger charge is -2.52. The molecule has 2 atom stereocenters. The number of nitrogens with zero attached hydrogens (tertiary/aromatic N) is 1. The second kappa shape index (κ2) is 6.32. The first-order valence-corrected chi connectivity index (χ1v) is 8.76. The van der Waals surface area contributed by atoms with Crippen LogP contribution in [0.25, 0.3) is 0 Å². The van der Waals surface area contributed by atoms with E-state index in [0.29, 0.717) is 0 Å². The van der Waals surface area contributed by atoms with Crippen LogP contribution < -0.4 is 0 Å². The van der Waals surface area contributed by atoms with Crippen LogP contribution in [0.2, 0.25) is 0 Å². The van der Waals surface area contributed by atoms with Gasteiger partial charge in [-0.1, -0.05) is 49.4 Å². The Morgan fingerprint density at radius 2 is 1.95 bits per heavy atom. The highest BCUT2D eigenvalue weighted by Crippen LogP contribution is 2.44. The lowest BCUT2D eigenvalue weighted by atomic mass is 9.72. The molecule has 2 unspecified atom stereocenters. The van der Waals surface area contributed by atoms with Gasteiger partial charge in [-0.2, -0.15) is 0 Å². The Bertz CT molecular complexity index is 553. The minimum Gasteiger partial charge on any atom is -0.369 e. The highest BCUT2D eigenvalue weighted by Gasteiger charge is 2.40. The van der Waals surface area contributed by atoms with Gasteiger partial charge in [0.1, 0.15) is 0 Å². The molecule has 0 saturated carbocycles. The summed E-state index contributed by atoms with van der Waals surface area (Å²) in [6.07, 6.45) is 11.9. The quantitative estimate of drug-likeness (QED) is 0.738. The molecule has 3 rings (SSSR count). The van der Waals surface area contributed by atoms with Gasteiger partial charge in [0.25, 0.3) is 0 Å². The first-order chi connectivity index (χ1) is 10.6. The van der Waals surface area contributed by atoms with Crippen molar-refractivity contribution in [1.29, 1.82) is 0 Å². The third kappa shape index (κ3) is 3.14. The summed E-state index contributed by atoms with van der Waals surface area (Å²) in [5, 5.41) is 0. The van der Waals surface area contributed by atoms with E-state index in [1.54, 1.807) is 5.70 Å². The van der Waals surface area contributed by atoms with Crippen molar-refractivity contribution < 1.29 is 0 Å². The number of hydrogen-bond donors (Lipinski definition) is 0. The van der Waals surface area contributed by atoms with Crippen molar-refractivity contribution in [2.45, 2.75) is 52.0 Å². The maximum absolute atomic E-state index is 2.70. The molecule has 1 heterocycles. The van der Waals surface area contributed by atoms with Gasteiger partial charge in [-0.25, -0.2) is 0 Å². The number of fused-ring (bicyclic) bond motifs is 1. The monoisotopic (exact) mass is 295 g/mol. The highest BCUT2D eigenvalue weighted by molar-refractivity contribution is 5.25. The minimum atomic E-state index is 0.281. The summed E-state index contributed by atoms with van der Waals surface area (Å²) in [7, 11) is 0. The fourth-order valence-electron chi connectivity index (χ4n) is 4.36. The fraction of sp³-hybridized carbons (Fsp3) is 0.524.